The van der Waals surface area contributed by atoms with Gasteiger partial charge in [-0.25, -0.2) is 0 Å². The van der Waals surface area contributed by atoms with Crippen molar-refractivity contribution in [3.63, 3.8) is 0 Å². The number of likely N-dealkylation sites (tertiary alicyclic amines) is 1. The number of benzene rings is 2. The molecule has 4 nitrogen and oxygen atoms in total. The van der Waals surface area contributed by atoms with Gasteiger partial charge in [0.15, 0.2) is 0 Å². The zero-order valence-corrected chi connectivity index (χ0v) is 15.5. The predicted octanol–water partition coefficient (Wildman–Crippen LogP) is 4.33. The van der Waals surface area contributed by atoms with Gasteiger partial charge in [0.2, 0.25) is 5.91 Å². The zero-order chi connectivity index (χ0) is 18.2. The molecule has 0 saturated carbocycles. The van der Waals surface area contributed by atoms with Crippen molar-refractivity contribution in [3.8, 4) is 5.75 Å². The van der Waals surface area contributed by atoms with Crippen molar-refractivity contribution >= 4 is 11.6 Å². The molecule has 2 aromatic rings. The fourth-order valence-corrected chi connectivity index (χ4v) is 3.35. The minimum absolute atomic E-state index is 0.0705. The van der Waals surface area contributed by atoms with Crippen LogP contribution in [0.25, 0.3) is 0 Å². The van der Waals surface area contributed by atoms with E-state index < -0.39 is 0 Å². The summed E-state index contributed by atoms with van der Waals surface area (Å²) in [5, 5.41) is 2.97. The SMILES string of the molecule is CC1CCCN(CCC(=O)Nc2ccc(OCc3ccccc3)cc2)C1. The minimum atomic E-state index is 0.0705. The van der Waals surface area contributed by atoms with E-state index in [2.05, 4.69) is 17.1 Å². The maximum Gasteiger partial charge on any atom is 0.225 e. The van der Waals surface area contributed by atoms with Crippen LogP contribution in [0.5, 0.6) is 5.75 Å². The standard InChI is InChI=1S/C22H28N2O2/c1-18-6-5-14-24(16-18)15-13-22(25)23-20-9-11-21(12-10-20)26-17-19-7-3-2-4-8-19/h2-4,7-12,18H,5-6,13-17H2,1H3,(H,23,25). The smallest absolute Gasteiger partial charge is 0.225 e. The second kappa shape index (κ2) is 9.39. The van der Waals surface area contributed by atoms with E-state index in [9.17, 15) is 4.79 Å². The van der Waals surface area contributed by atoms with Crippen molar-refractivity contribution in [2.45, 2.75) is 32.8 Å². The molecule has 1 aliphatic rings. The molecule has 1 saturated heterocycles. The Balaban J connectivity index is 1.41. The van der Waals surface area contributed by atoms with Crippen LogP contribution < -0.4 is 10.1 Å². The molecule has 2 aromatic carbocycles. The number of hydrogen-bond donors (Lipinski definition) is 1. The lowest BCUT2D eigenvalue weighted by Crippen LogP contribution is -2.36. The summed E-state index contributed by atoms with van der Waals surface area (Å²) in [4.78, 5) is 14.6. The second-order valence-electron chi connectivity index (χ2n) is 7.14. The fraction of sp³-hybridized carbons (Fsp3) is 0.409. The highest BCUT2D eigenvalue weighted by Crippen LogP contribution is 2.18. The molecule has 138 valence electrons. The lowest BCUT2D eigenvalue weighted by atomic mass is 10.0. The third kappa shape index (κ3) is 5.88. The molecule has 0 spiro atoms. The van der Waals surface area contributed by atoms with Gasteiger partial charge in [0, 0.05) is 25.2 Å². The van der Waals surface area contributed by atoms with Crippen molar-refractivity contribution in [1.82, 2.24) is 4.90 Å². The summed E-state index contributed by atoms with van der Waals surface area (Å²) < 4.78 is 5.77. The lowest BCUT2D eigenvalue weighted by Gasteiger charge is -2.30. The summed E-state index contributed by atoms with van der Waals surface area (Å²) in [5.41, 5.74) is 1.95. The van der Waals surface area contributed by atoms with Crippen molar-refractivity contribution in [2.24, 2.45) is 5.92 Å². The molecule has 1 aliphatic heterocycles. The summed E-state index contributed by atoms with van der Waals surface area (Å²) in [6.07, 6.45) is 3.09. The first-order valence-corrected chi connectivity index (χ1v) is 9.48. The summed E-state index contributed by atoms with van der Waals surface area (Å²) in [7, 11) is 0. The Morgan fingerprint density at radius 2 is 1.92 bits per heavy atom. The number of hydrogen-bond acceptors (Lipinski definition) is 3. The molecule has 3 rings (SSSR count). The summed E-state index contributed by atoms with van der Waals surface area (Å²) in [5.74, 6) is 1.62. The van der Waals surface area contributed by atoms with Crippen LogP contribution in [0.3, 0.4) is 0 Å². The molecule has 26 heavy (non-hydrogen) atoms. The van der Waals surface area contributed by atoms with Crippen LogP contribution in [0.4, 0.5) is 5.69 Å². The molecule has 0 aliphatic carbocycles. The summed E-state index contributed by atoms with van der Waals surface area (Å²) in [6, 6.07) is 17.6. The van der Waals surface area contributed by atoms with Crippen LogP contribution in [-0.2, 0) is 11.4 Å². The van der Waals surface area contributed by atoms with E-state index in [0.717, 1.165) is 42.6 Å². The van der Waals surface area contributed by atoms with Gasteiger partial charge >= 0.3 is 0 Å². The van der Waals surface area contributed by atoms with Crippen LogP contribution in [-0.4, -0.2) is 30.4 Å². The van der Waals surface area contributed by atoms with Crippen LogP contribution in [0.15, 0.2) is 54.6 Å². The maximum atomic E-state index is 12.2. The van der Waals surface area contributed by atoms with E-state index in [1.807, 2.05) is 54.6 Å². The monoisotopic (exact) mass is 352 g/mol. The maximum absolute atomic E-state index is 12.2. The first-order valence-electron chi connectivity index (χ1n) is 9.48. The fourth-order valence-electron chi connectivity index (χ4n) is 3.35. The Bertz CT molecular complexity index is 685. The first-order chi connectivity index (χ1) is 12.7. The summed E-state index contributed by atoms with van der Waals surface area (Å²) >= 11 is 0. The van der Waals surface area contributed by atoms with E-state index >= 15 is 0 Å². The number of carbonyl (C=O) groups is 1. The van der Waals surface area contributed by atoms with Crippen molar-refractivity contribution < 1.29 is 9.53 Å². The van der Waals surface area contributed by atoms with Gasteiger partial charge in [0.1, 0.15) is 12.4 Å². The average molecular weight is 352 g/mol. The zero-order valence-electron chi connectivity index (χ0n) is 15.5. The lowest BCUT2D eigenvalue weighted by molar-refractivity contribution is -0.116. The quantitative estimate of drug-likeness (QED) is 0.806. The third-order valence-corrected chi connectivity index (χ3v) is 4.78. The first kappa shape index (κ1) is 18.5. The highest BCUT2D eigenvalue weighted by Gasteiger charge is 2.16. The number of rotatable bonds is 7. The van der Waals surface area contributed by atoms with Gasteiger partial charge in [-0.05, 0) is 55.1 Å². The van der Waals surface area contributed by atoms with Crippen LogP contribution in [0, 0.1) is 5.92 Å². The highest BCUT2D eigenvalue weighted by molar-refractivity contribution is 5.90. The van der Waals surface area contributed by atoms with E-state index in [1.165, 1.54) is 12.8 Å². The molecular formula is C22H28N2O2. The molecule has 1 heterocycles. The van der Waals surface area contributed by atoms with E-state index in [-0.39, 0.29) is 5.91 Å². The molecule has 0 radical (unpaired) electrons. The molecule has 1 N–H and O–H groups in total. The normalized spacial score (nSPS) is 17.7. The van der Waals surface area contributed by atoms with Gasteiger partial charge in [0.25, 0.3) is 0 Å². The van der Waals surface area contributed by atoms with Crippen LogP contribution in [0.1, 0.15) is 31.7 Å². The topological polar surface area (TPSA) is 41.6 Å². The largest absolute Gasteiger partial charge is 0.489 e. The van der Waals surface area contributed by atoms with Crippen LogP contribution >= 0.6 is 0 Å². The van der Waals surface area contributed by atoms with E-state index in [4.69, 9.17) is 4.74 Å². The summed E-state index contributed by atoms with van der Waals surface area (Å²) in [6.45, 7) is 5.90. The minimum Gasteiger partial charge on any atom is -0.489 e. The Hall–Kier alpha value is -2.33. The van der Waals surface area contributed by atoms with Gasteiger partial charge in [0.05, 0.1) is 0 Å². The van der Waals surface area contributed by atoms with Crippen molar-refractivity contribution in [2.75, 3.05) is 25.0 Å². The third-order valence-electron chi connectivity index (χ3n) is 4.78. The number of anilines is 1. The molecule has 1 unspecified atom stereocenters. The Kier molecular flexibility index (Phi) is 6.67. The van der Waals surface area contributed by atoms with E-state index in [0.29, 0.717) is 13.0 Å². The Labute approximate surface area is 156 Å². The van der Waals surface area contributed by atoms with Gasteiger partial charge in [-0.1, -0.05) is 37.3 Å². The molecule has 1 fully saturated rings. The molecule has 1 atom stereocenters. The molecular weight excluding hydrogens is 324 g/mol. The Morgan fingerprint density at radius 3 is 2.65 bits per heavy atom. The number of carbonyl (C=O) groups excluding carboxylic acids is 1. The predicted molar refractivity (Wildman–Crippen MR) is 105 cm³/mol. The molecule has 0 bridgehead atoms. The molecule has 0 aromatic heterocycles. The van der Waals surface area contributed by atoms with E-state index in [1.54, 1.807) is 0 Å². The van der Waals surface area contributed by atoms with Gasteiger partial charge in [-0.2, -0.15) is 0 Å². The molecule has 1 amide bonds. The number of nitrogens with zero attached hydrogens (tertiary/aromatic N) is 1. The highest BCUT2D eigenvalue weighted by atomic mass is 16.5. The van der Waals surface area contributed by atoms with Crippen molar-refractivity contribution in [1.29, 1.82) is 0 Å². The van der Waals surface area contributed by atoms with Crippen LogP contribution in [0.2, 0.25) is 0 Å². The molecule has 4 heteroatoms. The van der Waals surface area contributed by atoms with Gasteiger partial charge in [-0.3, -0.25) is 4.79 Å². The number of ether oxygens (including phenoxy) is 1. The van der Waals surface area contributed by atoms with Crippen molar-refractivity contribution in [3.05, 3.63) is 60.2 Å². The number of amides is 1. The van der Waals surface area contributed by atoms with Gasteiger partial charge < -0.3 is 15.0 Å². The second-order valence-corrected chi connectivity index (χ2v) is 7.14. The Morgan fingerprint density at radius 1 is 1.15 bits per heavy atom. The number of piperidine rings is 1. The average Bonchev–Trinajstić information content (AvgIpc) is 2.67. The number of nitrogens with one attached hydrogen (secondary N) is 1. The van der Waals surface area contributed by atoms with Gasteiger partial charge in [-0.15, -0.1) is 0 Å².